The number of allylic oxidation sites excluding steroid dienone is 3. The van der Waals surface area contributed by atoms with Crippen molar-refractivity contribution in [2.75, 3.05) is 0 Å². The van der Waals surface area contributed by atoms with Crippen LogP contribution in [0.3, 0.4) is 0 Å². The van der Waals surface area contributed by atoms with Crippen LogP contribution in [-0.4, -0.2) is 11.8 Å². The lowest BCUT2D eigenvalue weighted by molar-refractivity contribution is -0.125. The second kappa shape index (κ2) is 2.05. The molecule has 1 N–H and O–H groups in total. The highest BCUT2D eigenvalue weighted by atomic mass is 16.2. The van der Waals surface area contributed by atoms with E-state index in [2.05, 4.69) is 5.32 Å². The molecule has 2 amide bonds. The zero-order valence-electron chi connectivity index (χ0n) is 5.83. The van der Waals surface area contributed by atoms with Gasteiger partial charge in [0.25, 0.3) is 5.91 Å². The van der Waals surface area contributed by atoms with Gasteiger partial charge in [-0.25, -0.2) is 0 Å². The number of imide groups is 1. The molecule has 1 aliphatic heterocycles. The van der Waals surface area contributed by atoms with Crippen LogP contribution in [0.25, 0.3) is 0 Å². The summed E-state index contributed by atoms with van der Waals surface area (Å²) in [6, 6.07) is 0. The molecule has 1 saturated heterocycles. The number of nitrogens with one attached hydrogen (secondary N) is 1. The Labute approximate surface area is 63.8 Å². The number of carbonyl (C=O) groups excluding carboxylic acids is 2. The van der Waals surface area contributed by atoms with Gasteiger partial charge in [0.1, 0.15) is 0 Å². The lowest BCUT2D eigenvalue weighted by Crippen LogP contribution is -2.21. The van der Waals surface area contributed by atoms with Crippen LogP contribution in [0.4, 0.5) is 0 Å². The Hall–Kier alpha value is -1.38. The lowest BCUT2D eigenvalue weighted by atomic mass is 9.94. The zero-order valence-corrected chi connectivity index (χ0v) is 5.83. The molecule has 2 aliphatic rings. The Balaban J connectivity index is 2.42. The van der Waals surface area contributed by atoms with Crippen molar-refractivity contribution in [3.63, 3.8) is 0 Å². The van der Waals surface area contributed by atoms with E-state index in [1.54, 1.807) is 6.08 Å². The maximum Gasteiger partial charge on any atom is 0.254 e. The van der Waals surface area contributed by atoms with Crippen molar-refractivity contribution >= 4 is 11.8 Å². The first kappa shape index (κ1) is 6.34. The van der Waals surface area contributed by atoms with Crippen LogP contribution in [0.2, 0.25) is 0 Å². The minimum atomic E-state index is -0.232. The molecule has 3 nitrogen and oxygen atoms in total. The average Bonchev–Trinajstić information content (AvgIpc) is 2.30. The Bertz CT molecular complexity index is 288. The number of amides is 2. The molecular weight excluding hydrogens is 142 g/mol. The second-order valence-electron chi connectivity index (χ2n) is 2.66. The van der Waals surface area contributed by atoms with Crippen LogP contribution >= 0.6 is 0 Å². The van der Waals surface area contributed by atoms with Gasteiger partial charge < -0.3 is 0 Å². The minimum Gasteiger partial charge on any atom is -0.292 e. The summed E-state index contributed by atoms with van der Waals surface area (Å²) in [5, 5.41) is 2.27. The number of rotatable bonds is 0. The Morgan fingerprint density at radius 1 is 1.45 bits per heavy atom. The van der Waals surface area contributed by atoms with Crippen molar-refractivity contribution in [2.45, 2.75) is 6.42 Å². The van der Waals surface area contributed by atoms with E-state index >= 15 is 0 Å². The lowest BCUT2D eigenvalue weighted by Gasteiger charge is -2.06. The summed E-state index contributed by atoms with van der Waals surface area (Å²) < 4.78 is 0. The number of hydrogen-bond acceptors (Lipinski definition) is 2. The predicted octanol–water partition coefficient (Wildman–Crippen LogP) is 0.145. The van der Waals surface area contributed by atoms with Gasteiger partial charge in [0.2, 0.25) is 5.91 Å². The van der Waals surface area contributed by atoms with Crippen molar-refractivity contribution in [3.05, 3.63) is 23.8 Å². The maximum atomic E-state index is 11.0. The molecule has 3 heteroatoms. The summed E-state index contributed by atoms with van der Waals surface area (Å²) in [6.07, 6.45) is 6.06. The molecule has 1 unspecified atom stereocenters. The molecule has 2 rings (SSSR count). The van der Waals surface area contributed by atoms with E-state index in [1.165, 1.54) is 0 Å². The molecule has 1 atom stereocenters. The number of carbonyl (C=O) groups is 2. The summed E-state index contributed by atoms with van der Waals surface area (Å²) in [4.78, 5) is 22.0. The first-order chi connectivity index (χ1) is 5.29. The molecule has 0 aromatic carbocycles. The fourth-order valence-corrected chi connectivity index (χ4v) is 1.38. The van der Waals surface area contributed by atoms with Crippen molar-refractivity contribution < 1.29 is 9.59 Å². The van der Waals surface area contributed by atoms with Gasteiger partial charge in [0.05, 0.1) is 5.92 Å². The van der Waals surface area contributed by atoms with E-state index in [1.807, 2.05) is 12.2 Å². The van der Waals surface area contributed by atoms with Crippen molar-refractivity contribution in [3.8, 4) is 0 Å². The van der Waals surface area contributed by atoms with Gasteiger partial charge in [0, 0.05) is 5.57 Å². The van der Waals surface area contributed by atoms with E-state index in [9.17, 15) is 9.59 Å². The molecule has 11 heavy (non-hydrogen) atoms. The zero-order chi connectivity index (χ0) is 7.84. The fraction of sp³-hybridized carbons (Fsp3) is 0.250. The van der Waals surface area contributed by atoms with Crippen LogP contribution in [0.1, 0.15) is 6.42 Å². The van der Waals surface area contributed by atoms with E-state index in [0.717, 1.165) is 0 Å². The maximum absolute atomic E-state index is 11.0. The molecule has 0 radical (unpaired) electrons. The molecular formula is C8H7NO2. The molecule has 1 fully saturated rings. The van der Waals surface area contributed by atoms with Crippen molar-refractivity contribution in [2.24, 2.45) is 5.92 Å². The van der Waals surface area contributed by atoms with E-state index in [4.69, 9.17) is 0 Å². The largest absolute Gasteiger partial charge is 0.292 e. The van der Waals surface area contributed by atoms with Gasteiger partial charge in [-0.15, -0.1) is 0 Å². The van der Waals surface area contributed by atoms with Crippen molar-refractivity contribution in [1.82, 2.24) is 5.32 Å². The molecule has 0 bridgehead atoms. The van der Waals surface area contributed by atoms with Gasteiger partial charge in [-0.1, -0.05) is 18.2 Å². The third-order valence-corrected chi connectivity index (χ3v) is 1.97. The molecule has 0 aromatic heterocycles. The van der Waals surface area contributed by atoms with E-state index in [0.29, 0.717) is 12.0 Å². The highest BCUT2D eigenvalue weighted by molar-refractivity contribution is 6.15. The Kier molecular flexibility index (Phi) is 1.18. The van der Waals surface area contributed by atoms with Crippen LogP contribution in [-0.2, 0) is 9.59 Å². The fourth-order valence-electron chi connectivity index (χ4n) is 1.38. The van der Waals surface area contributed by atoms with Gasteiger partial charge in [0.15, 0.2) is 0 Å². The molecule has 56 valence electrons. The Morgan fingerprint density at radius 2 is 2.27 bits per heavy atom. The average molecular weight is 149 g/mol. The van der Waals surface area contributed by atoms with Gasteiger partial charge >= 0.3 is 0 Å². The monoisotopic (exact) mass is 149 g/mol. The smallest absolute Gasteiger partial charge is 0.254 e. The van der Waals surface area contributed by atoms with Crippen LogP contribution < -0.4 is 5.32 Å². The summed E-state index contributed by atoms with van der Waals surface area (Å²) in [5.74, 6) is -0.609. The summed E-state index contributed by atoms with van der Waals surface area (Å²) in [7, 11) is 0. The van der Waals surface area contributed by atoms with Gasteiger partial charge in [-0.05, 0) is 6.42 Å². The summed E-state index contributed by atoms with van der Waals surface area (Å²) in [5.41, 5.74) is 0.609. The second-order valence-corrected chi connectivity index (χ2v) is 2.66. The highest BCUT2D eigenvalue weighted by Gasteiger charge is 2.35. The van der Waals surface area contributed by atoms with Gasteiger partial charge in [-0.2, -0.15) is 0 Å². The molecule has 1 aliphatic carbocycles. The molecule has 0 aromatic rings. The number of hydrogen-bond donors (Lipinski definition) is 1. The van der Waals surface area contributed by atoms with Gasteiger partial charge in [-0.3, -0.25) is 14.9 Å². The van der Waals surface area contributed by atoms with Crippen LogP contribution in [0, 0.1) is 5.92 Å². The summed E-state index contributed by atoms with van der Waals surface area (Å²) in [6.45, 7) is 0. The third kappa shape index (κ3) is 0.808. The number of fused-ring (bicyclic) bond motifs is 1. The quantitative estimate of drug-likeness (QED) is 0.498. The molecule has 0 spiro atoms. The molecule has 0 saturated carbocycles. The normalized spacial score (nSPS) is 28.0. The first-order valence-corrected chi connectivity index (χ1v) is 3.51. The van der Waals surface area contributed by atoms with E-state index in [-0.39, 0.29) is 17.7 Å². The third-order valence-electron chi connectivity index (χ3n) is 1.97. The summed E-state index contributed by atoms with van der Waals surface area (Å²) >= 11 is 0. The van der Waals surface area contributed by atoms with E-state index < -0.39 is 0 Å². The SMILES string of the molecule is O=C1NC(=O)C2CC=CC=C12. The topological polar surface area (TPSA) is 46.2 Å². The van der Waals surface area contributed by atoms with Crippen LogP contribution in [0.5, 0.6) is 0 Å². The standard InChI is InChI=1S/C8H7NO2/c10-7-5-3-1-2-4-6(5)8(11)9-7/h1-3,6H,4H2,(H,9,10,11). The molecule has 1 heterocycles. The van der Waals surface area contributed by atoms with Crippen molar-refractivity contribution in [1.29, 1.82) is 0 Å². The Morgan fingerprint density at radius 3 is 3.00 bits per heavy atom. The highest BCUT2D eigenvalue weighted by Crippen LogP contribution is 2.25. The predicted molar refractivity (Wildman–Crippen MR) is 38.5 cm³/mol. The first-order valence-electron chi connectivity index (χ1n) is 3.51. The minimum absolute atomic E-state index is 0.161. The van der Waals surface area contributed by atoms with Crippen LogP contribution in [0.15, 0.2) is 23.8 Å².